The van der Waals surface area contributed by atoms with Gasteiger partial charge in [0, 0.05) is 7.11 Å². The second-order valence-electron chi connectivity index (χ2n) is 7.13. The smallest absolute Gasteiger partial charge is 0.282 e. The maximum atomic E-state index is 13.2. The van der Waals surface area contributed by atoms with Crippen LogP contribution in [0.5, 0.6) is 5.88 Å². The second-order valence-corrected chi connectivity index (χ2v) is 7.13. The van der Waals surface area contributed by atoms with E-state index >= 15 is 0 Å². The van der Waals surface area contributed by atoms with E-state index in [2.05, 4.69) is 10.3 Å². The summed E-state index contributed by atoms with van der Waals surface area (Å²) in [6, 6.07) is 2.07. The van der Waals surface area contributed by atoms with E-state index < -0.39 is 36.9 Å². The van der Waals surface area contributed by atoms with Crippen LogP contribution in [0.4, 0.5) is 14.5 Å². The zero-order chi connectivity index (χ0) is 20.9. The topological polar surface area (TPSA) is 107 Å². The van der Waals surface area contributed by atoms with E-state index in [0.717, 1.165) is 0 Å². The Balaban J connectivity index is 2.18. The molecule has 28 heavy (non-hydrogen) atoms. The van der Waals surface area contributed by atoms with Crippen molar-refractivity contribution in [2.75, 3.05) is 38.3 Å². The van der Waals surface area contributed by atoms with Crippen molar-refractivity contribution in [2.24, 2.45) is 11.7 Å². The molecule has 2 heterocycles. The van der Waals surface area contributed by atoms with Crippen LogP contribution in [0.25, 0.3) is 0 Å². The number of halogens is 2. The van der Waals surface area contributed by atoms with Gasteiger partial charge in [0.2, 0.25) is 11.8 Å². The van der Waals surface area contributed by atoms with Crippen molar-refractivity contribution < 1.29 is 27.8 Å². The fourth-order valence-electron chi connectivity index (χ4n) is 2.76. The van der Waals surface area contributed by atoms with Gasteiger partial charge in [0.1, 0.15) is 24.0 Å². The average Bonchev–Trinajstić information content (AvgIpc) is 2.58. The number of amides is 2. The van der Waals surface area contributed by atoms with E-state index in [9.17, 15) is 18.4 Å². The van der Waals surface area contributed by atoms with Gasteiger partial charge in [-0.2, -0.15) is 0 Å². The Morgan fingerprint density at radius 2 is 2.00 bits per heavy atom. The molecule has 1 aromatic heterocycles. The van der Waals surface area contributed by atoms with Gasteiger partial charge in [-0.15, -0.1) is 0 Å². The molecule has 0 bridgehead atoms. The van der Waals surface area contributed by atoms with Gasteiger partial charge in [-0.1, -0.05) is 13.8 Å². The van der Waals surface area contributed by atoms with Crippen LogP contribution in [0, 0.1) is 5.92 Å². The number of carbonyl (C=O) groups excluding carboxylic acids is 2. The van der Waals surface area contributed by atoms with Gasteiger partial charge in [0.05, 0.1) is 19.7 Å². The second kappa shape index (κ2) is 9.13. The number of hydrogen-bond acceptors (Lipinski definition) is 6. The van der Waals surface area contributed by atoms with Crippen molar-refractivity contribution in [3.8, 4) is 5.88 Å². The minimum Gasteiger partial charge on any atom is -0.474 e. The summed E-state index contributed by atoms with van der Waals surface area (Å²) >= 11 is 0. The molecule has 10 heteroatoms. The van der Waals surface area contributed by atoms with Crippen LogP contribution in [0.3, 0.4) is 0 Å². The van der Waals surface area contributed by atoms with Crippen molar-refractivity contribution >= 4 is 17.5 Å². The monoisotopic (exact) mass is 400 g/mol. The molecule has 8 nitrogen and oxygen atoms in total. The summed E-state index contributed by atoms with van der Waals surface area (Å²) in [5.74, 6) is -3.79. The lowest BCUT2D eigenvalue weighted by atomic mass is 10.0. The first-order valence-electron chi connectivity index (χ1n) is 8.98. The number of carbonyl (C=O) groups is 2. The number of aromatic nitrogens is 1. The molecule has 1 unspecified atom stereocenters. The first kappa shape index (κ1) is 21.8. The number of rotatable bonds is 10. The number of pyridine rings is 1. The van der Waals surface area contributed by atoms with Crippen molar-refractivity contribution in [2.45, 2.75) is 32.2 Å². The molecule has 1 aliphatic rings. The Hall–Kier alpha value is -2.49. The maximum Gasteiger partial charge on any atom is 0.282 e. The SMILES string of the molecule is COCCOc1nc(C(=O)NC(CC(C)C)C(N)=O)ccc1N1CC(F)(F)C1. The molecule has 0 spiro atoms. The number of methoxy groups -OCH3 is 1. The van der Waals surface area contributed by atoms with Crippen LogP contribution >= 0.6 is 0 Å². The predicted octanol–water partition coefficient (Wildman–Crippen LogP) is 1.19. The first-order chi connectivity index (χ1) is 13.1. The molecule has 3 N–H and O–H groups in total. The number of nitrogens with one attached hydrogen (secondary N) is 1. The standard InChI is InChI=1S/C18H26F2N4O4/c1-11(2)8-13(15(21)25)22-16(26)12-4-5-14(24-9-18(19,20)10-24)17(23-12)28-7-6-27-3/h4-5,11,13H,6-10H2,1-3H3,(H2,21,25)(H,22,26). The molecule has 0 saturated carbocycles. The normalized spacial score (nSPS) is 16.4. The number of alkyl halides is 2. The molecule has 2 rings (SSSR count). The lowest BCUT2D eigenvalue weighted by Gasteiger charge is -2.40. The quantitative estimate of drug-likeness (QED) is 0.572. The molecule has 1 aliphatic heterocycles. The summed E-state index contributed by atoms with van der Waals surface area (Å²) in [7, 11) is 1.50. The number of nitrogens with two attached hydrogens (primary N) is 1. The van der Waals surface area contributed by atoms with Gasteiger partial charge >= 0.3 is 0 Å². The molecule has 1 fully saturated rings. The molecule has 0 radical (unpaired) electrons. The van der Waals surface area contributed by atoms with Gasteiger partial charge < -0.3 is 25.4 Å². The summed E-state index contributed by atoms with van der Waals surface area (Å²) in [4.78, 5) is 29.6. The Bertz CT molecular complexity index is 707. The molecular formula is C18H26F2N4O4. The highest BCUT2D eigenvalue weighted by Crippen LogP contribution is 2.36. The molecule has 0 aliphatic carbocycles. The van der Waals surface area contributed by atoms with E-state index in [4.69, 9.17) is 15.2 Å². The van der Waals surface area contributed by atoms with Crippen LogP contribution < -0.4 is 20.7 Å². The van der Waals surface area contributed by atoms with Crippen LogP contribution in [-0.4, -0.2) is 62.2 Å². The first-order valence-corrected chi connectivity index (χ1v) is 8.98. The van der Waals surface area contributed by atoms with Crippen molar-refractivity contribution in [1.29, 1.82) is 0 Å². The lowest BCUT2D eigenvalue weighted by molar-refractivity contribution is -0.120. The largest absolute Gasteiger partial charge is 0.474 e. The fourth-order valence-corrected chi connectivity index (χ4v) is 2.76. The molecule has 1 aromatic rings. The number of ether oxygens (including phenoxy) is 2. The minimum absolute atomic E-state index is 0.00143. The number of primary amides is 1. The zero-order valence-electron chi connectivity index (χ0n) is 16.2. The van der Waals surface area contributed by atoms with Crippen LogP contribution in [-0.2, 0) is 9.53 Å². The highest BCUT2D eigenvalue weighted by atomic mass is 19.3. The van der Waals surface area contributed by atoms with Gasteiger partial charge in [-0.3, -0.25) is 9.59 Å². The lowest BCUT2D eigenvalue weighted by Crippen LogP contribution is -2.56. The number of nitrogens with zero attached hydrogens (tertiary/aromatic N) is 2. The average molecular weight is 400 g/mol. The third kappa shape index (κ3) is 5.75. The Labute approximate surface area is 162 Å². The van der Waals surface area contributed by atoms with Crippen LogP contribution in [0.1, 0.15) is 30.8 Å². The highest BCUT2D eigenvalue weighted by Gasteiger charge is 2.45. The van der Waals surface area contributed by atoms with E-state index in [1.54, 1.807) is 0 Å². The Kier molecular flexibility index (Phi) is 7.11. The molecule has 2 amide bonds. The Morgan fingerprint density at radius 1 is 1.32 bits per heavy atom. The van der Waals surface area contributed by atoms with E-state index in [-0.39, 0.29) is 30.7 Å². The van der Waals surface area contributed by atoms with Crippen LogP contribution in [0.2, 0.25) is 0 Å². The van der Waals surface area contributed by atoms with Crippen LogP contribution in [0.15, 0.2) is 12.1 Å². The summed E-state index contributed by atoms with van der Waals surface area (Å²) < 4.78 is 36.9. The molecule has 1 atom stereocenters. The van der Waals surface area contributed by atoms with E-state index in [1.807, 2.05) is 13.8 Å². The van der Waals surface area contributed by atoms with Crippen molar-refractivity contribution in [3.63, 3.8) is 0 Å². The fraction of sp³-hybridized carbons (Fsp3) is 0.611. The summed E-state index contributed by atoms with van der Waals surface area (Å²) in [6.45, 7) is 3.33. The highest BCUT2D eigenvalue weighted by molar-refractivity contribution is 5.96. The zero-order valence-corrected chi connectivity index (χ0v) is 16.2. The van der Waals surface area contributed by atoms with Gasteiger partial charge in [0.25, 0.3) is 11.8 Å². The maximum absolute atomic E-state index is 13.2. The molecule has 156 valence electrons. The van der Waals surface area contributed by atoms with E-state index in [1.165, 1.54) is 24.1 Å². The summed E-state index contributed by atoms with van der Waals surface area (Å²) in [5.41, 5.74) is 5.71. The summed E-state index contributed by atoms with van der Waals surface area (Å²) in [5, 5.41) is 2.56. The summed E-state index contributed by atoms with van der Waals surface area (Å²) in [6.07, 6.45) is 0.388. The van der Waals surface area contributed by atoms with Gasteiger partial charge in [-0.25, -0.2) is 13.8 Å². The van der Waals surface area contributed by atoms with Gasteiger partial charge in [0.15, 0.2) is 0 Å². The van der Waals surface area contributed by atoms with Crippen molar-refractivity contribution in [3.05, 3.63) is 17.8 Å². The van der Waals surface area contributed by atoms with Gasteiger partial charge in [-0.05, 0) is 24.5 Å². The minimum atomic E-state index is -2.76. The van der Waals surface area contributed by atoms with E-state index in [0.29, 0.717) is 12.1 Å². The molecule has 0 aromatic carbocycles. The molecular weight excluding hydrogens is 374 g/mol. The third-order valence-electron chi connectivity index (χ3n) is 4.14. The number of anilines is 1. The van der Waals surface area contributed by atoms with Crippen molar-refractivity contribution in [1.82, 2.24) is 10.3 Å². The third-order valence-corrected chi connectivity index (χ3v) is 4.14. The number of hydrogen-bond donors (Lipinski definition) is 2. The Morgan fingerprint density at radius 3 is 2.54 bits per heavy atom. The molecule has 1 saturated heterocycles. The predicted molar refractivity (Wildman–Crippen MR) is 98.7 cm³/mol.